The highest BCUT2D eigenvalue weighted by Crippen LogP contribution is 2.37. The Morgan fingerprint density at radius 2 is 1.86 bits per heavy atom. The number of hydrogen-bond donors (Lipinski definition) is 0. The van der Waals surface area contributed by atoms with Crippen LogP contribution in [0.15, 0.2) is 42.5 Å². The lowest BCUT2D eigenvalue weighted by Crippen LogP contribution is -2.36. The van der Waals surface area contributed by atoms with Crippen LogP contribution in [0.25, 0.3) is 0 Å². The molecular weight excluding hydrogens is 386 g/mol. The molecule has 1 aliphatic rings. The van der Waals surface area contributed by atoms with E-state index in [1.54, 1.807) is 15.9 Å². The van der Waals surface area contributed by atoms with Gasteiger partial charge in [-0.05, 0) is 42.3 Å². The molecule has 1 saturated heterocycles. The molecule has 0 aliphatic carbocycles. The number of alkyl halides is 3. The molecule has 1 amide bonds. The zero-order valence-electron chi connectivity index (χ0n) is 15.5. The summed E-state index contributed by atoms with van der Waals surface area (Å²) in [5.41, 5.74) is -0.138. The van der Waals surface area contributed by atoms with E-state index in [1.807, 2.05) is 6.07 Å². The van der Waals surface area contributed by atoms with Crippen molar-refractivity contribution in [2.75, 3.05) is 31.1 Å². The van der Waals surface area contributed by atoms with E-state index in [0.717, 1.165) is 12.1 Å². The summed E-state index contributed by atoms with van der Waals surface area (Å²) < 4.78 is 53.6. The molecule has 1 aliphatic heterocycles. The van der Waals surface area contributed by atoms with Crippen LogP contribution in [0.2, 0.25) is 0 Å². The minimum absolute atomic E-state index is 0.0372. The molecule has 152 valence electrons. The number of carbonyl (C=O) groups excluding carboxylic acids is 1. The van der Waals surface area contributed by atoms with E-state index in [2.05, 4.69) is 0 Å². The molecule has 0 unspecified atom stereocenters. The molecule has 0 saturated carbocycles. The number of anilines is 1. The summed E-state index contributed by atoms with van der Waals surface area (Å²) >= 11 is 0. The molecule has 2 aromatic carbocycles. The van der Waals surface area contributed by atoms with Gasteiger partial charge in [-0.1, -0.05) is 12.1 Å². The molecular formula is C21H19F4N3O. The molecule has 1 fully saturated rings. The predicted octanol–water partition coefficient (Wildman–Crippen LogP) is 4.00. The van der Waals surface area contributed by atoms with Gasteiger partial charge in [0.15, 0.2) is 0 Å². The van der Waals surface area contributed by atoms with Gasteiger partial charge in [0.05, 0.1) is 29.3 Å². The molecule has 29 heavy (non-hydrogen) atoms. The van der Waals surface area contributed by atoms with Gasteiger partial charge in [0, 0.05) is 26.2 Å². The van der Waals surface area contributed by atoms with Gasteiger partial charge in [0.2, 0.25) is 5.91 Å². The molecule has 0 spiro atoms. The first-order valence-electron chi connectivity index (χ1n) is 9.16. The van der Waals surface area contributed by atoms with Crippen LogP contribution in [0.4, 0.5) is 23.2 Å². The van der Waals surface area contributed by atoms with Gasteiger partial charge >= 0.3 is 6.18 Å². The Hall–Kier alpha value is -3.08. The van der Waals surface area contributed by atoms with Gasteiger partial charge in [-0.2, -0.15) is 18.4 Å². The van der Waals surface area contributed by atoms with Crippen molar-refractivity contribution in [3.05, 3.63) is 65.0 Å². The Labute approximate surface area is 166 Å². The molecule has 0 radical (unpaired) electrons. The van der Waals surface area contributed by atoms with Crippen molar-refractivity contribution in [3.63, 3.8) is 0 Å². The van der Waals surface area contributed by atoms with Crippen molar-refractivity contribution in [1.29, 1.82) is 5.26 Å². The lowest BCUT2D eigenvalue weighted by atomic mass is 10.1. The number of halogens is 4. The Kier molecular flexibility index (Phi) is 6.06. The minimum Gasteiger partial charge on any atom is -0.369 e. The van der Waals surface area contributed by atoms with Crippen molar-refractivity contribution in [3.8, 4) is 6.07 Å². The van der Waals surface area contributed by atoms with Gasteiger partial charge < -0.3 is 9.80 Å². The Morgan fingerprint density at radius 3 is 2.55 bits per heavy atom. The SMILES string of the molecule is N#Cc1ccc(C(F)(F)F)c(N2CCCN(C(=O)Cc3cccc(F)c3)CC2)c1. The van der Waals surface area contributed by atoms with E-state index in [9.17, 15) is 22.4 Å². The molecule has 4 nitrogen and oxygen atoms in total. The number of nitriles is 1. The van der Waals surface area contributed by atoms with Crippen molar-refractivity contribution < 1.29 is 22.4 Å². The number of rotatable bonds is 3. The lowest BCUT2D eigenvalue weighted by Gasteiger charge is -2.27. The second kappa shape index (κ2) is 8.52. The van der Waals surface area contributed by atoms with E-state index in [-0.39, 0.29) is 36.7 Å². The van der Waals surface area contributed by atoms with Crippen LogP contribution < -0.4 is 4.90 Å². The zero-order valence-corrected chi connectivity index (χ0v) is 15.5. The second-order valence-corrected chi connectivity index (χ2v) is 6.87. The lowest BCUT2D eigenvalue weighted by molar-refractivity contribution is -0.137. The monoisotopic (exact) mass is 405 g/mol. The first kappa shape index (κ1) is 20.6. The summed E-state index contributed by atoms with van der Waals surface area (Å²) in [6.07, 6.45) is -4.01. The third kappa shape index (κ3) is 5.05. The average Bonchev–Trinajstić information content (AvgIpc) is 2.93. The third-order valence-electron chi connectivity index (χ3n) is 4.87. The van der Waals surface area contributed by atoms with Crippen molar-refractivity contribution in [2.24, 2.45) is 0 Å². The molecule has 0 atom stereocenters. The number of nitrogens with zero attached hydrogens (tertiary/aromatic N) is 3. The van der Waals surface area contributed by atoms with Gasteiger partial charge in [0.1, 0.15) is 5.82 Å². The molecule has 0 N–H and O–H groups in total. The number of amides is 1. The van der Waals surface area contributed by atoms with E-state index in [4.69, 9.17) is 5.26 Å². The summed E-state index contributed by atoms with van der Waals surface area (Å²) in [5.74, 6) is -0.617. The predicted molar refractivity (Wildman–Crippen MR) is 99.7 cm³/mol. The summed E-state index contributed by atoms with van der Waals surface area (Å²) in [6.45, 7) is 1.21. The van der Waals surface area contributed by atoms with Crippen molar-refractivity contribution in [2.45, 2.75) is 19.0 Å². The second-order valence-electron chi connectivity index (χ2n) is 6.87. The van der Waals surface area contributed by atoms with Gasteiger partial charge in [-0.3, -0.25) is 4.79 Å². The maximum atomic E-state index is 13.4. The fourth-order valence-corrected chi connectivity index (χ4v) is 3.44. The Balaban J connectivity index is 1.75. The van der Waals surface area contributed by atoms with E-state index < -0.39 is 17.6 Å². The van der Waals surface area contributed by atoms with E-state index in [1.165, 1.54) is 24.3 Å². The number of hydrogen-bond acceptors (Lipinski definition) is 3. The standard InChI is InChI=1S/C21H19F4N3O/c22-17-4-1-3-15(11-17)13-20(29)28-8-2-7-27(9-10-28)19-12-16(14-26)5-6-18(19)21(23,24)25/h1,3-6,11-12H,2,7-10,13H2. The van der Waals surface area contributed by atoms with Crippen molar-refractivity contribution >= 4 is 11.6 Å². The molecule has 1 heterocycles. The zero-order chi connectivity index (χ0) is 21.0. The summed E-state index contributed by atoms with van der Waals surface area (Å²) in [4.78, 5) is 15.7. The van der Waals surface area contributed by atoms with Gasteiger partial charge in [0.25, 0.3) is 0 Å². The van der Waals surface area contributed by atoms with Crippen LogP contribution in [-0.4, -0.2) is 37.0 Å². The smallest absolute Gasteiger partial charge is 0.369 e. The molecule has 3 rings (SSSR count). The molecule has 2 aromatic rings. The average molecular weight is 405 g/mol. The Morgan fingerprint density at radius 1 is 1.07 bits per heavy atom. The fraction of sp³-hybridized carbons (Fsp3) is 0.333. The van der Waals surface area contributed by atoms with E-state index in [0.29, 0.717) is 25.1 Å². The topological polar surface area (TPSA) is 47.3 Å². The fourth-order valence-electron chi connectivity index (χ4n) is 3.44. The van der Waals surface area contributed by atoms with Crippen LogP contribution in [-0.2, 0) is 17.4 Å². The molecule has 8 heteroatoms. The summed E-state index contributed by atoms with van der Waals surface area (Å²) in [7, 11) is 0. The van der Waals surface area contributed by atoms with Crippen molar-refractivity contribution in [1.82, 2.24) is 4.90 Å². The van der Waals surface area contributed by atoms with Crippen LogP contribution in [0.5, 0.6) is 0 Å². The first-order chi connectivity index (χ1) is 13.8. The van der Waals surface area contributed by atoms with Gasteiger partial charge in [-0.25, -0.2) is 4.39 Å². The summed E-state index contributed by atoms with van der Waals surface area (Å²) in [5, 5.41) is 9.05. The largest absolute Gasteiger partial charge is 0.418 e. The molecule has 0 aromatic heterocycles. The first-order valence-corrected chi connectivity index (χ1v) is 9.16. The minimum atomic E-state index is -4.54. The highest BCUT2D eigenvalue weighted by Gasteiger charge is 2.35. The number of benzene rings is 2. The quantitative estimate of drug-likeness (QED) is 0.726. The number of carbonyl (C=O) groups is 1. The van der Waals surface area contributed by atoms with E-state index >= 15 is 0 Å². The van der Waals surface area contributed by atoms with Crippen LogP contribution in [0.3, 0.4) is 0 Å². The maximum Gasteiger partial charge on any atom is 0.418 e. The summed E-state index contributed by atoms with van der Waals surface area (Å²) in [6, 6.07) is 11.0. The third-order valence-corrected chi connectivity index (χ3v) is 4.87. The Bertz CT molecular complexity index is 936. The van der Waals surface area contributed by atoms with Gasteiger partial charge in [-0.15, -0.1) is 0 Å². The highest BCUT2D eigenvalue weighted by molar-refractivity contribution is 5.79. The normalized spacial score (nSPS) is 15.0. The van der Waals surface area contributed by atoms with Crippen LogP contribution in [0.1, 0.15) is 23.1 Å². The van der Waals surface area contributed by atoms with Crippen LogP contribution in [0, 0.1) is 17.1 Å². The highest BCUT2D eigenvalue weighted by atomic mass is 19.4. The van der Waals surface area contributed by atoms with Crippen LogP contribution >= 0.6 is 0 Å². The maximum absolute atomic E-state index is 13.4. The molecule has 0 bridgehead atoms.